The molecule has 2 fully saturated rings. The summed E-state index contributed by atoms with van der Waals surface area (Å²) in [5, 5.41) is 3.25. The number of rotatable bonds is 4. The van der Waals surface area contributed by atoms with Crippen LogP contribution in [0.15, 0.2) is 30.3 Å². The maximum atomic E-state index is 12.7. The molecule has 0 aliphatic carbocycles. The first-order chi connectivity index (χ1) is 12.0. The molecule has 2 aliphatic heterocycles. The van der Waals surface area contributed by atoms with Crippen molar-refractivity contribution in [2.75, 3.05) is 53.9 Å². The molecule has 2 amide bonds. The van der Waals surface area contributed by atoms with Crippen LogP contribution in [0.3, 0.4) is 0 Å². The Morgan fingerprint density at radius 1 is 1.16 bits per heavy atom. The van der Waals surface area contributed by atoms with Crippen molar-refractivity contribution in [2.24, 2.45) is 0 Å². The van der Waals surface area contributed by atoms with Crippen molar-refractivity contribution in [1.29, 1.82) is 0 Å². The van der Waals surface area contributed by atoms with Crippen LogP contribution in [-0.2, 0) is 5.41 Å². The molecule has 3 rings (SSSR count). The molecular weight excluding hydrogens is 312 g/mol. The smallest absolute Gasteiger partial charge is 0.317 e. The number of hydrogen-bond donors (Lipinski definition) is 1. The Labute approximate surface area is 152 Å². The number of piperidine rings is 1. The van der Waals surface area contributed by atoms with Crippen LogP contribution in [-0.4, -0.2) is 80.6 Å². The number of hydrogen-bond acceptors (Lipinski definition) is 3. The minimum atomic E-state index is 0.0523. The molecule has 138 valence electrons. The van der Waals surface area contributed by atoms with Crippen molar-refractivity contribution in [2.45, 2.75) is 30.7 Å². The molecule has 0 spiro atoms. The second-order valence-corrected chi connectivity index (χ2v) is 7.92. The molecule has 1 atom stereocenters. The average molecular weight is 345 g/mol. The van der Waals surface area contributed by atoms with E-state index in [1.807, 2.05) is 11.9 Å². The molecule has 1 aromatic carbocycles. The SMILES string of the molecule is CN1CCC(CNC(=O)N(C)[C@H]2CCN(C)C2)(c2ccccc2)CC1. The van der Waals surface area contributed by atoms with E-state index in [-0.39, 0.29) is 11.4 Å². The van der Waals surface area contributed by atoms with Crippen LogP contribution in [0.25, 0.3) is 0 Å². The van der Waals surface area contributed by atoms with E-state index in [9.17, 15) is 4.79 Å². The summed E-state index contributed by atoms with van der Waals surface area (Å²) in [6.45, 7) is 4.92. The van der Waals surface area contributed by atoms with E-state index < -0.39 is 0 Å². The minimum Gasteiger partial charge on any atom is -0.337 e. The van der Waals surface area contributed by atoms with E-state index in [1.54, 1.807) is 0 Å². The highest BCUT2D eigenvalue weighted by Crippen LogP contribution is 2.34. The summed E-state index contributed by atoms with van der Waals surface area (Å²) in [6.07, 6.45) is 3.24. The number of likely N-dealkylation sites (N-methyl/N-ethyl adjacent to an activating group) is 2. The molecule has 2 aliphatic rings. The fraction of sp³-hybridized carbons (Fsp3) is 0.650. The Morgan fingerprint density at radius 2 is 1.84 bits per heavy atom. The molecule has 2 heterocycles. The topological polar surface area (TPSA) is 38.8 Å². The quantitative estimate of drug-likeness (QED) is 0.908. The van der Waals surface area contributed by atoms with E-state index in [0.29, 0.717) is 6.04 Å². The summed E-state index contributed by atoms with van der Waals surface area (Å²) in [7, 11) is 6.23. The average Bonchev–Trinajstić information content (AvgIpc) is 3.08. The van der Waals surface area contributed by atoms with Crippen LogP contribution in [0.2, 0.25) is 0 Å². The fourth-order valence-corrected chi connectivity index (χ4v) is 4.17. The zero-order chi connectivity index (χ0) is 17.9. The number of likely N-dealkylation sites (tertiary alicyclic amines) is 2. The van der Waals surface area contributed by atoms with Gasteiger partial charge in [0.25, 0.3) is 0 Å². The van der Waals surface area contributed by atoms with Gasteiger partial charge in [-0.25, -0.2) is 4.79 Å². The van der Waals surface area contributed by atoms with E-state index in [2.05, 4.69) is 59.5 Å². The molecule has 0 aromatic heterocycles. The molecule has 0 unspecified atom stereocenters. The Hall–Kier alpha value is -1.59. The van der Waals surface area contributed by atoms with Gasteiger partial charge in [0.1, 0.15) is 0 Å². The molecule has 0 saturated carbocycles. The van der Waals surface area contributed by atoms with Gasteiger partial charge in [0.15, 0.2) is 0 Å². The summed E-state index contributed by atoms with van der Waals surface area (Å²) < 4.78 is 0. The van der Waals surface area contributed by atoms with Crippen LogP contribution in [0.1, 0.15) is 24.8 Å². The van der Waals surface area contributed by atoms with Crippen LogP contribution in [0.4, 0.5) is 4.79 Å². The van der Waals surface area contributed by atoms with Gasteiger partial charge in [-0.1, -0.05) is 30.3 Å². The molecular formula is C20H32N4O. The van der Waals surface area contributed by atoms with Crippen molar-refractivity contribution < 1.29 is 4.79 Å². The molecule has 0 radical (unpaired) electrons. The first-order valence-corrected chi connectivity index (χ1v) is 9.43. The van der Waals surface area contributed by atoms with E-state index in [1.165, 1.54) is 5.56 Å². The number of benzene rings is 1. The van der Waals surface area contributed by atoms with Crippen LogP contribution in [0, 0.1) is 0 Å². The van der Waals surface area contributed by atoms with Gasteiger partial charge in [-0.15, -0.1) is 0 Å². The van der Waals surface area contributed by atoms with Crippen molar-refractivity contribution in [3.8, 4) is 0 Å². The number of carbonyl (C=O) groups is 1. The highest BCUT2D eigenvalue weighted by Gasteiger charge is 2.36. The van der Waals surface area contributed by atoms with Gasteiger partial charge in [0.2, 0.25) is 0 Å². The number of carbonyl (C=O) groups excluding carboxylic acids is 1. The second kappa shape index (κ2) is 7.75. The van der Waals surface area contributed by atoms with Crippen LogP contribution < -0.4 is 5.32 Å². The largest absolute Gasteiger partial charge is 0.337 e. The second-order valence-electron chi connectivity index (χ2n) is 7.92. The standard InChI is InChI=1S/C20H32N4O/c1-22-13-10-20(11-14-22,17-7-5-4-6-8-17)16-21-19(25)24(3)18-9-12-23(2)15-18/h4-8,18H,9-16H2,1-3H3,(H,21,25)/t18-/m0/s1. The molecule has 5 nitrogen and oxygen atoms in total. The normalized spacial score (nSPS) is 24.2. The van der Waals surface area contributed by atoms with Crippen LogP contribution >= 0.6 is 0 Å². The number of urea groups is 1. The highest BCUT2D eigenvalue weighted by molar-refractivity contribution is 5.74. The van der Waals surface area contributed by atoms with Gasteiger partial charge in [0, 0.05) is 31.6 Å². The lowest BCUT2D eigenvalue weighted by Gasteiger charge is -2.41. The lowest BCUT2D eigenvalue weighted by atomic mass is 9.72. The van der Waals surface area contributed by atoms with Gasteiger partial charge < -0.3 is 20.0 Å². The molecule has 2 saturated heterocycles. The van der Waals surface area contributed by atoms with Crippen molar-refractivity contribution in [3.05, 3.63) is 35.9 Å². The zero-order valence-electron chi connectivity index (χ0n) is 15.9. The predicted octanol–water partition coefficient (Wildman–Crippen LogP) is 2.00. The minimum absolute atomic E-state index is 0.0523. The summed E-state index contributed by atoms with van der Waals surface area (Å²) >= 11 is 0. The molecule has 25 heavy (non-hydrogen) atoms. The number of nitrogens with zero attached hydrogens (tertiary/aromatic N) is 3. The molecule has 0 bridgehead atoms. The van der Waals surface area contributed by atoms with E-state index >= 15 is 0 Å². The van der Waals surface area contributed by atoms with Gasteiger partial charge in [-0.3, -0.25) is 0 Å². The maximum Gasteiger partial charge on any atom is 0.317 e. The van der Waals surface area contributed by atoms with Gasteiger partial charge >= 0.3 is 6.03 Å². The molecule has 1 aromatic rings. The number of amides is 2. The Balaban J connectivity index is 1.66. The van der Waals surface area contributed by atoms with Crippen molar-refractivity contribution in [1.82, 2.24) is 20.0 Å². The molecule has 5 heteroatoms. The van der Waals surface area contributed by atoms with Crippen molar-refractivity contribution in [3.63, 3.8) is 0 Å². The Kier molecular flexibility index (Phi) is 5.64. The first kappa shape index (κ1) is 18.2. The van der Waals surface area contributed by atoms with E-state index in [4.69, 9.17) is 0 Å². The highest BCUT2D eigenvalue weighted by atomic mass is 16.2. The van der Waals surface area contributed by atoms with Gasteiger partial charge in [-0.2, -0.15) is 0 Å². The lowest BCUT2D eigenvalue weighted by Crippen LogP contribution is -2.51. The third kappa shape index (κ3) is 4.15. The lowest BCUT2D eigenvalue weighted by molar-refractivity contribution is 0.167. The summed E-state index contributed by atoms with van der Waals surface area (Å²) in [5.41, 5.74) is 1.41. The monoisotopic (exact) mass is 344 g/mol. The molecule has 1 N–H and O–H groups in total. The van der Waals surface area contributed by atoms with Gasteiger partial charge in [-0.05, 0) is 58.6 Å². The predicted molar refractivity (Wildman–Crippen MR) is 102 cm³/mol. The summed E-state index contributed by atoms with van der Waals surface area (Å²) in [5.74, 6) is 0. The third-order valence-electron chi connectivity index (χ3n) is 6.14. The van der Waals surface area contributed by atoms with Crippen LogP contribution in [0.5, 0.6) is 0 Å². The first-order valence-electron chi connectivity index (χ1n) is 9.43. The fourth-order valence-electron chi connectivity index (χ4n) is 4.17. The zero-order valence-corrected chi connectivity index (χ0v) is 15.9. The van der Waals surface area contributed by atoms with Crippen molar-refractivity contribution >= 4 is 6.03 Å². The Morgan fingerprint density at radius 3 is 2.44 bits per heavy atom. The van der Waals surface area contributed by atoms with E-state index in [0.717, 1.165) is 52.0 Å². The third-order valence-corrected chi connectivity index (χ3v) is 6.14. The summed E-state index contributed by atoms with van der Waals surface area (Å²) in [4.78, 5) is 19.3. The summed E-state index contributed by atoms with van der Waals surface area (Å²) in [6, 6.07) is 11.1. The maximum absolute atomic E-state index is 12.7. The Bertz CT molecular complexity index is 568. The van der Waals surface area contributed by atoms with Gasteiger partial charge in [0.05, 0.1) is 0 Å². The number of nitrogens with one attached hydrogen (secondary N) is 1.